The molecular formula is C19H26N4O3. The summed E-state index contributed by atoms with van der Waals surface area (Å²) in [7, 11) is 0. The monoisotopic (exact) mass is 358 g/mol. The second kappa shape index (κ2) is 7.53. The molecule has 0 unspecified atom stereocenters. The first-order chi connectivity index (χ1) is 12.4. The summed E-state index contributed by atoms with van der Waals surface area (Å²) in [5.41, 5.74) is 1.61. The van der Waals surface area contributed by atoms with Crippen LogP contribution in [-0.4, -0.2) is 27.6 Å². The van der Waals surface area contributed by atoms with Crippen molar-refractivity contribution in [1.29, 1.82) is 0 Å². The van der Waals surface area contributed by atoms with Crippen molar-refractivity contribution in [2.24, 2.45) is 0 Å². The summed E-state index contributed by atoms with van der Waals surface area (Å²) in [4.78, 5) is 21.4. The maximum atomic E-state index is 12.5. The van der Waals surface area contributed by atoms with Gasteiger partial charge < -0.3 is 14.6 Å². The van der Waals surface area contributed by atoms with Crippen LogP contribution < -0.4 is 5.32 Å². The average molecular weight is 358 g/mol. The quantitative estimate of drug-likeness (QED) is 0.882. The van der Waals surface area contributed by atoms with E-state index >= 15 is 0 Å². The lowest BCUT2D eigenvalue weighted by Crippen LogP contribution is -2.32. The lowest BCUT2D eigenvalue weighted by atomic mass is 9.95. The predicted molar refractivity (Wildman–Crippen MR) is 95.7 cm³/mol. The van der Waals surface area contributed by atoms with Crippen LogP contribution in [-0.2, 0) is 16.9 Å². The number of aryl methyl sites for hydroxylation is 1. The number of hydrogen-bond donors (Lipinski definition) is 1. The Hall–Kier alpha value is -2.28. The Balaban J connectivity index is 1.65. The molecule has 0 saturated carbocycles. The predicted octanol–water partition coefficient (Wildman–Crippen LogP) is 3.24. The molecular weight excluding hydrogens is 332 g/mol. The van der Waals surface area contributed by atoms with Crippen molar-refractivity contribution >= 4 is 5.91 Å². The highest BCUT2D eigenvalue weighted by atomic mass is 16.5. The van der Waals surface area contributed by atoms with Crippen LogP contribution in [0, 0.1) is 6.92 Å². The van der Waals surface area contributed by atoms with E-state index in [0.29, 0.717) is 29.4 Å². The van der Waals surface area contributed by atoms with Gasteiger partial charge in [0.15, 0.2) is 5.82 Å². The Morgan fingerprint density at radius 1 is 1.31 bits per heavy atom. The lowest BCUT2D eigenvalue weighted by molar-refractivity contribution is -0.0760. The number of carbonyl (C=O) groups is 1. The highest BCUT2D eigenvalue weighted by Crippen LogP contribution is 2.32. The van der Waals surface area contributed by atoms with Crippen LogP contribution in [0.1, 0.15) is 79.2 Å². The van der Waals surface area contributed by atoms with Gasteiger partial charge in [-0.2, -0.15) is 0 Å². The fourth-order valence-electron chi connectivity index (χ4n) is 3.16. The second-order valence-corrected chi connectivity index (χ2v) is 7.29. The van der Waals surface area contributed by atoms with E-state index < -0.39 is 5.60 Å². The first kappa shape index (κ1) is 18.5. The number of carbonyl (C=O) groups excluding carboxylic acids is 1. The van der Waals surface area contributed by atoms with Crippen LogP contribution in [0.15, 0.2) is 16.9 Å². The molecule has 1 amide bonds. The van der Waals surface area contributed by atoms with Crippen molar-refractivity contribution in [1.82, 2.24) is 20.4 Å². The van der Waals surface area contributed by atoms with Crippen molar-refractivity contribution in [3.8, 4) is 0 Å². The topological polar surface area (TPSA) is 90.1 Å². The van der Waals surface area contributed by atoms with Crippen LogP contribution in [0.25, 0.3) is 0 Å². The molecule has 7 heteroatoms. The molecule has 1 aliphatic rings. The van der Waals surface area contributed by atoms with E-state index in [0.717, 1.165) is 31.4 Å². The third kappa shape index (κ3) is 3.77. The second-order valence-electron chi connectivity index (χ2n) is 7.29. The van der Waals surface area contributed by atoms with E-state index in [1.54, 1.807) is 19.3 Å². The van der Waals surface area contributed by atoms with Gasteiger partial charge in [-0.25, -0.2) is 9.97 Å². The SMILES string of the molecule is Cc1onc(C(C)C)c1C(=O)NCc1cnc([C@@]2(C)CCCCO2)nc1. The van der Waals surface area contributed by atoms with E-state index in [1.807, 2.05) is 20.8 Å². The summed E-state index contributed by atoms with van der Waals surface area (Å²) in [6.07, 6.45) is 6.62. The van der Waals surface area contributed by atoms with Crippen LogP contribution in [0.2, 0.25) is 0 Å². The normalized spacial score (nSPS) is 20.3. The molecule has 140 valence electrons. The van der Waals surface area contributed by atoms with Gasteiger partial charge in [0.25, 0.3) is 5.91 Å². The van der Waals surface area contributed by atoms with Gasteiger partial charge in [0.1, 0.15) is 16.9 Å². The third-order valence-corrected chi connectivity index (χ3v) is 4.76. The zero-order chi connectivity index (χ0) is 18.7. The van der Waals surface area contributed by atoms with Gasteiger partial charge in [-0.1, -0.05) is 19.0 Å². The van der Waals surface area contributed by atoms with Crippen LogP contribution >= 0.6 is 0 Å². The summed E-state index contributed by atoms with van der Waals surface area (Å²) in [5.74, 6) is 1.15. The van der Waals surface area contributed by atoms with E-state index in [1.165, 1.54) is 0 Å². The number of hydrogen-bond acceptors (Lipinski definition) is 6. The molecule has 0 spiro atoms. The Kier molecular flexibility index (Phi) is 5.36. The number of nitrogens with zero attached hydrogens (tertiary/aromatic N) is 3. The molecule has 2 aromatic rings. The van der Waals surface area contributed by atoms with E-state index in [4.69, 9.17) is 9.26 Å². The molecule has 1 N–H and O–H groups in total. The van der Waals surface area contributed by atoms with Crippen molar-refractivity contribution in [3.05, 3.63) is 40.8 Å². The van der Waals surface area contributed by atoms with Gasteiger partial charge in [-0.05, 0) is 39.0 Å². The van der Waals surface area contributed by atoms with Gasteiger partial charge >= 0.3 is 0 Å². The van der Waals surface area contributed by atoms with Crippen molar-refractivity contribution in [3.63, 3.8) is 0 Å². The summed E-state index contributed by atoms with van der Waals surface area (Å²) in [5, 5.41) is 6.88. The lowest BCUT2D eigenvalue weighted by Gasteiger charge is -2.32. The minimum Gasteiger partial charge on any atom is -0.367 e. The molecule has 0 bridgehead atoms. The van der Waals surface area contributed by atoms with E-state index in [-0.39, 0.29) is 11.8 Å². The number of aromatic nitrogens is 3. The van der Waals surface area contributed by atoms with Gasteiger partial charge in [-0.15, -0.1) is 0 Å². The Morgan fingerprint density at radius 2 is 2.04 bits per heavy atom. The Morgan fingerprint density at radius 3 is 2.65 bits per heavy atom. The molecule has 0 aliphatic carbocycles. The molecule has 3 heterocycles. The van der Waals surface area contributed by atoms with Gasteiger partial charge in [-0.3, -0.25) is 4.79 Å². The van der Waals surface area contributed by atoms with Crippen molar-refractivity contribution in [2.75, 3.05) is 6.61 Å². The van der Waals surface area contributed by atoms with Gasteiger partial charge in [0.2, 0.25) is 0 Å². The first-order valence-corrected chi connectivity index (χ1v) is 9.10. The van der Waals surface area contributed by atoms with Crippen molar-refractivity contribution in [2.45, 2.75) is 65.0 Å². The zero-order valence-corrected chi connectivity index (χ0v) is 15.8. The maximum absolute atomic E-state index is 12.5. The summed E-state index contributed by atoms with van der Waals surface area (Å²) < 4.78 is 11.0. The minimum atomic E-state index is -0.411. The molecule has 1 aliphatic heterocycles. The fraction of sp³-hybridized carbons (Fsp3) is 0.579. The molecule has 7 nitrogen and oxygen atoms in total. The Bertz CT molecular complexity index is 762. The standard InChI is InChI=1S/C19H26N4O3/c1-12(2)16-15(13(3)26-23-16)17(24)20-9-14-10-21-18(22-11-14)19(4)7-5-6-8-25-19/h10-12H,5-9H2,1-4H3,(H,20,24)/t19-/m1/s1. The average Bonchev–Trinajstić information content (AvgIpc) is 3.03. The van der Waals surface area contributed by atoms with E-state index in [9.17, 15) is 4.79 Å². The smallest absolute Gasteiger partial charge is 0.257 e. The summed E-state index contributed by atoms with van der Waals surface area (Å²) in [6.45, 7) is 8.83. The molecule has 1 saturated heterocycles. The highest BCUT2D eigenvalue weighted by molar-refractivity contribution is 5.96. The van der Waals surface area contributed by atoms with Gasteiger partial charge in [0.05, 0.1) is 5.69 Å². The maximum Gasteiger partial charge on any atom is 0.257 e. The molecule has 26 heavy (non-hydrogen) atoms. The highest BCUT2D eigenvalue weighted by Gasteiger charge is 2.32. The fourth-order valence-corrected chi connectivity index (χ4v) is 3.16. The number of rotatable bonds is 5. The molecule has 3 rings (SSSR count). The van der Waals surface area contributed by atoms with Crippen LogP contribution in [0.4, 0.5) is 0 Å². The zero-order valence-electron chi connectivity index (χ0n) is 15.8. The molecule has 1 atom stereocenters. The molecule has 2 aromatic heterocycles. The van der Waals surface area contributed by atoms with E-state index in [2.05, 4.69) is 20.4 Å². The summed E-state index contributed by atoms with van der Waals surface area (Å²) in [6, 6.07) is 0. The van der Waals surface area contributed by atoms with Crippen molar-refractivity contribution < 1.29 is 14.1 Å². The van der Waals surface area contributed by atoms with Gasteiger partial charge in [0, 0.05) is 31.1 Å². The molecule has 0 radical (unpaired) electrons. The largest absolute Gasteiger partial charge is 0.367 e. The number of ether oxygens (including phenoxy) is 1. The minimum absolute atomic E-state index is 0.118. The third-order valence-electron chi connectivity index (χ3n) is 4.76. The number of amides is 1. The molecule has 0 aromatic carbocycles. The Labute approximate surface area is 153 Å². The number of nitrogens with one attached hydrogen (secondary N) is 1. The summed E-state index contributed by atoms with van der Waals surface area (Å²) >= 11 is 0. The first-order valence-electron chi connectivity index (χ1n) is 9.10. The van der Waals surface area contributed by atoms with Crippen LogP contribution in [0.5, 0.6) is 0 Å². The molecule has 1 fully saturated rings. The van der Waals surface area contributed by atoms with Crippen LogP contribution in [0.3, 0.4) is 0 Å².